The molecule has 2 aliphatic rings. The number of carbonyl (C=O) groups is 6. The molecular weight excluding hydrogens is 404 g/mol. The van der Waals surface area contributed by atoms with E-state index < -0.39 is 23.9 Å². The Morgan fingerprint density at radius 2 is 1.17 bits per heavy atom. The summed E-state index contributed by atoms with van der Waals surface area (Å²) in [6.45, 7) is -0.348. The van der Waals surface area contributed by atoms with Crippen LogP contribution in [0.5, 0.6) is 0 Å². The Morgan fingerprint density at radius 1 is 0.767 bits per heavy atom. The van der Waals surface area contributed by atoms with Gasteiger partial charge in [0.1, 0.15) is 13.1 Å². The van der Waals surface area contributed by atoms with Crippen LogP contribution in [-0.4, -0.2) is 98.1 Å². The van der Waals surface area contributed by atoms with E-state index in [1.54, 1.807) is 0 Å². The highest BCUT2D eigenvalue weighted by Crippen LogP contribution is 2.03. The van der Waals surface area contributed by atoms with Crippen molar-refractivity contribution < 1.29 is 47.7 Å². The molecule has 0 saturated carbocycles. The maximum absolute atomic E-state index is 11.6. The second-order valence-electron chi connectivity index (χ2n) is 6.33. The van der Waals surface area contributed by atoms with E-state index in [4.69, 9.17) is 9.47 Å². The Bertz CT molecular complexity index is 672. The number of carbonyl (C=O) groups excluding carboxylic acids is 6. The van der Waals surface area contributed by atoms with Gasteiger partial charge in [0.2, 0.25) is 0 Å². The van der Waals surface area contributed by atoms with Crippen molar-refractivity contribution in [2.45, 2.75) is 12.8 Å². The summed E-state index contributed by atoms with van der Waals surface area (Å²) in [7, 11) is 0. The van der Waals surface area contributed by atoms with Gasteiger partial charge in [-0.3, -0.25) is 19.2 Å². The Morgan fingerprint density at radius 3 is 1.57 bits per heavy atom. The van der Waals surface area contributed by atoms with Crippen LogP contribution < -0.4 is 0 Å². The van der Waals surface area contributed by atoms with Crippen molar-refractivity contribution in [3.63, 3.8) is 0 Å². The molecule has 0 bridgehead atoms. The standard InChI is InChI=1S/C18H22N2O10/c21-13-11-29-17(25)9-19(13)5-1-7-27-15(23)3-4-16(24)28-8-2-6-20-10-18(26)30-12-14(20)22/h3-4H,1-2,5-12H2/b4-3+. The minimum Gasteiger partial charge on any atom is -0.462 e. The van der Waals surface area contributed by atoms with Gasteiger partial charge >= 0.3 is 23.9 Å². The van der Waals surface area contributed by atoms with Crippen molar-refractivity contribution in [2.75, 3.05) is 52.6 Å². The molecule has 2 rings (SSSR count). The third-order valence-electron chi connectivity index (χ3n) is 4.05. The fraction of sp³-hybridized carbons (Fsp3) is 0.556. The summed E-state index contributed by atoms with van der Waals surface area (Å²) in [5.41, 5.74) is 0. The lowest BCUT2D eigenvalue weighted by Gasteiger charge is -2.25. The van der Waals surface area contributed by atoms with Crippen LogP contribution in [0.3, 0.4) is 0 Å². The lowest BCUT2D eigenvalue weighted by atomic mass is 10.3. The zero-order valence-electron chi connectivity index (χ0n) is 16.2. The normalized spacial score (nSPS) is 17.1. The number of nitrogens with zero attached hydrogens (tertiary/aromatic N) is 2. The van der Waals surface area contributed by atoms with Crippen molar-refractivity contribution in [1.29, 1.82) is 0 Å². The van der Waals surface area contributed by atoms with Crippen LogP contribution in [0.15, 0.2) is 12.2 Å². The number of ether oxygens (including phenoxy) is 4. The molecule has 12 heteroatoms. The molecule has 2 amide bonds. The predicted molar refractivity (Wildman–Crippen MR) is 95.4 cm³/mol. The molecule has 0 atom stereocenters. The molecule has 30 heavy (non-hydrogen) atoms. The van der Waals surface area contributed by atoms with E-state index >= 15 is 0 Å². The van der Waals surface area contributed by atoms with Crippen LogP contribution in [-0.2, 0) is 47.7 Å². The van der Waals surface area contributed by atoms with Crippen molar-refractivity contribution in [1.82, 2.24) is 9.80 Å². The molecule has 0 aromatic rings. The molecule has 0 aliphatic carbocycles. The first-order valence-corrected chi connectivity index (χ1v) is 9.23. The van der Waals surface area contributed by atoms with Gasteiger partial charge in [0.25, 0.3) is 11.8 Å². The van der Waals surface area contributed by atoms with Crippen LogP contribution in [0.25, 0.3) is 0 Å². The molecule has 164 valence electrons. The Labute approximate surface area is 171 Å². The molecule has 2 heterocycles. The molecule has 0 aromatic heterocycles. The molecule has 0 N–H and O–H groups in total. The molecule has 0 spiro atoms. The maximum atomic E-state index is 11.6. The van der Waals surface area contributed by atoms with Gasteiger partial charge in [0, 0.05) is 25.2 Å². The van der Waals surface area contributed by atoms with Gasteiger partial charge in [-0.25, -0.2) is 9.59 Å². The minimum absolute atomic E-state index is 0.00332. The number of hydrogen-bond acceptors (Lipinski definition) is 10. The van der Waals surface area contributed by atoms with Gasteiger partial charge < -0.3 is 28.7 Å². The van der Waals surface area contributed by atoms with Crippen molar-refractivity contribution >= 4 is 35.7 Å². The number of esters is 4. The Hall–Kier alpha value is -3.44. The van der Waals surface area contributed by atoms with Gasteiger partial charge in [-0.05, 0) is 12.8 Å². The molecule has 0 radical (unpaired) electrons. The van der Waals surface area contributed by atoms with Crippen LogP contribution in [0, 0.1) is 0 Å². The van der Waals surface area contributed by atoms with Gasteiger partial charge in [0.05, 0.1) is 13.2 Å². The third kappa shape index (κ3) is 7.89. The molecule has 0 aromatic carbocycles. The molecule has 0 unspecified atom stereocenters. The molecule has 2 fully saturated rings. The van der Waals surface area contributed by atoms with Crippen molar-refractivity contribution in [2.24, 2.45) is 0 Å². The summed E-state index contributed by atoms with van der Waals surface area (Å²) < 4.78 is 19.0. The number of hydrogen-bond donors (Lipinski definition) is 0. The van der Waals surface area contributed by atoms with E-state index in [1.807, 2.05) is 0 Å². The van der Waals surface area contributed by atoms with E-state index in [-0.39, 0.29) is 64.4 Å². The topological polar surface area (TPSA) is 146 Å². The summed E-state index contributed by atoms with van der Waals surface area (Å²) in [5.74, 6) is -3.11. The third-order valence-corrected chi connectivity index (χ3v) is 4.05. The van der Waals surface area contributed by atoms with E-state index in [0.29, 0.717) is 12.8 Å². The largest absolute Gasteiger partial charge is 0.462 e. The SMILES string of the molecule is O=C(/C=C/C(=O)OCCCN1CC(=O)OCC1=O)OCCCN1CC(=O)OCC1=O. The fourth-order valence-electron chi connectivity index (χ4n) is 2.54. The minimum atomic E-state index is -0.756. The fourth-order valence-corrected chi connectivity index (χ4v) is 2.54. The van der Waals surface area contributed by atoms with Gasteiger partial charge in [-0.2, -0.15) is 0 Å². The predicted octanol–water partition coefficient (Wildman–Crippen LogP) is -1.82. The van der Waals surface area contributed by atoms with Crippen LogP contribution in [0.4, 0.5) is 0 Å². The smallest absolute Gasteiger partial charge is 0.331 e. The van der Waals surface area contributed by atoms with Crippen LogP contribution >= 0.6 is 0 Å². The van der Waals surface area contributed by atoms with Gasteiger partial charge in [-0.1, -0.05) is 0 Å². The molecule has 2 aliphatic heterocycles. The molecule has 12 nitrogen and oxygen atoms in total. The number of amides is 2. The lowest BCUT2D eigenvalue weighted by molar-refractivity contribution is -0.162. The summed E-state index contributed by atoms with van der Waals surface area (Å²) in [4.78, 5) is 71.0. The number of cyclic esters (lactones) is 2. The lowest BCUT2D eigenvalue weighted by Crippen LogP contribution is -2.45. The maximum Gasteiger partial charge on any atom is 0.331 e. The molecule has 2 saturated heterocycles. The van der Waals surface area contributed by atoms with Gasteiger partial charge in [-0.15, -0.1) is 0 Å². The Balaban J connectivity index is 1.54. The van der Waals surface area contributed by atoms with Crippen LogP contribution in [0.2, 0.25) is 0 Å². The quantitative estimate of drug-likeness (QED) is 0.169. The first-order chi connectivity index (χ1) is 14.3. The highest BCUT2D eigenvalue weighted by molar-refractivity contribution is 5.91. The number of rotatable bonds is 10. The Kier molecular flexibility index (Phi) is 8.78. The van der Waals surface area contributed by atoms with Crippen molar-refractivity contribution in [3.8, 4) is 0 Å². The van der Waals surface area contributed by atoms with Gasteiger partial charge in [0.15, 0.2) is 13.2 Å². The summed E-state index contributed by atoms with van der Waals surface area (Å²) >= 11 is 0. The molecular formula is C18H22N2O10. The summed E-state index contributed by atoms with van der Waals surface area (Å²) in [5, 5.41) is 0. The second-order valence-corrected chi connectivity index (χ2v) is 6.33. The van der Waals surface area contributed by atoms with Crippen LogP contribution in [0.1, 0.15) is 12.8 Å². The van der Waals surface area contributed by atoms with E-state index in [9.17, 15) is 28.8 Å². The summed E-state index contributed by atoms with van der Waals surface area (Å²) in [6, 6.07) is 0. The zero-order chi connectivity index (χ0) is 21.9. The van der Waals surface area contributed by atoms with E-state index in [0.717, 1.165) is 12.2 Å². The highest BCUT2D eigenvalue weighted by atomic mass is 16.6. The summed E-state index contributed by atoms with van der Waals surface area (Å²) in [6.07, 6.45) is 2.48. The van der Waals surface area contributed by atoms with Crippen molar-refractivity contribution in [3.05, 3.63) is 12.2 Å². The zero-order valence-corrected chi connectivity index (χ0v) is 16.2. The van der Waals surface area contributed by atoms with E-state index in [2.05, 4.69) is 9.47 Å². The average molecular weight is 426 g/mol. The first-order valence-electron chi connectivity index (χ1n) is 9.23. The average Bonchev–Trinajstić information content (AvgIpc) is 2.71. The monoisotopic (exact) mass is 426 g/mol. The highest BCUT2D eigenvalue weighted by Gasteiger charge is 2.25. The van der Waals surface area contributed by atoms with E-state index in [1.165, 1.54) is 9.80 Å². The number of morpholine rings is 2. The first kappa shape index (κ1) is 22.8. The second kappa shape index (κ2) is 11.5.